The SMILES string of the molecule is O=C(CC[C@H]1Cc2ccccc2NC1=O)Nc1ccc(N2CCOCC2)cn1. The van der Waals surface area contributed by atoms with E-state index in [1.165, 1.54) is 0 Å². The van der Waals surface area contributed by atoms with Crippen molar-refractivity contribution in [2.75, 3.05) is 41.8 Å². The minimum Gasteiger partial charge on any atom is -0.378 e. The van der Waals surface area contributed by atoms with Gasteiger partial charge in [0, 0.05) is 31.1 Å². The van der Waals surface area contributed by atoms with Gasteiger partial charge >= 0.3 is 0 Å². The highest BCUT2D eigenvalue weighted by Crippen LogP contribution is 2.27. The van der Waals surface area contributed by atoms with Crippen LogP contribution in [-0.4, -0.2) is 43.1 Å². The summed E-state index contributed by atoms with van der Waals surface area (Å²) in [7, 11) is 0. The topological polar surface area (TPSA) is 83.6 Å². The monoisotopic (exact) mass is 380 g/mol. The highest BCUT2D eigenvalue weighted by atomic mass is 16.5. The molecule has 2 aromatic rings. The van der Waals surface area contributed by atoms with Crippen molar-refractivity contribution < 1.29 is 14.3 Å². The van der Waals surface area contributed by atoms with Gasteiger partial charge < -0.3 is 20.3 Å². The molecule has 2 aliphatic rings. The van der Waals surface area contributed by atoms with Crippen LogP contribution in [0.1, 0.15) is 18.4 Å². The molecule has 1 atom stereocenters. The average Bonchev–Trinajstić information content (AvgIpc) is 2.73. The standard InChI is InChI=1S/C21H24N4O3/c26-20(8-5-16-13-15-3-1-2-4-18(15)23-21(16)27)24-19-7-6-17(14-22-19)25-9-11-28-12-10-25/h1-4,6-7,14,16H,5,8-13H2,(H,23,27)(H,22,24,26)/t16-/m0/s1. The molecular weight excluding hydrogens is 356 g/mol. The van der Waals surface area contributed by atoms with E-state index in [2.05, 4.69) is 20.5 Å². The predicted octanol–water partition coefficient (Wildman–Crippen LogP) is 2.45. The number of pyridine rings is 1. The highest BCUT2D eigenvalue weighted by Gasteiger charge is 2.26. The number of rotatable bonds is 5. The number of hydrogen-bond donors (Lipinski definition) is 2. The quantitative estimate of drug-likeness (QED) is 0.832. The Morgan fingerprint density at radius 3 is 2.82 bits per heavy atom. The first-order valence-corrected chi connectivity index (χ1v) is 9.66. The van der Waals surface area contributed by atoms with Crippen molar-refractivity contribution in [1.29, 1.82) is 0 Å². The number of fused-ring (bicyclic) bond motifs is 1. The third-order valence-corrected chi connectivity index (χ3v) is 5.22. The van der Waals surface area contributed by atoms with E-state index in [1.54, 1.807) is 6.20 Å². The summed E-state index contributed by atoms with van der Waals surface area (Å²) in [6, 6.07) is 11.6. The molecule has 1 aromatic heterocycles. The zero-order valence-corrected chi connectivity index (χ0v) is 15.7. The number of amides is 2. The van der Waals surface area contributed by atoms with E-state index in [0.29, 0.717) is 18.7 Å². The molecule has 2 amide bonds. The van der Waals surface area contributed by atoms with Gasteiger partial charge in [0.05, 0.1) is 25.1 Å². The Hall–Kier alpha value is -2.93. The summed E-state index contributed by atoms with van der Waals surface area (Å²) in [4.78, 5) is 31.1. The van der Waals surface area contributed by atoms with E-state index in [4.69, 9.17) is 4.74 Å². The summed E-state index contributed by atoms with van der Waals surface area (Å²) >= 11 is 0. The average molecular weight is 380 g/mol. The lowest BCUT2D eigenvalue weighted by Crippen LogP contribution is -2.36. The molecule has 4 rings (SSSR count). The molecular formula is C21H24N4O3. The fourth-order valence-corrected chi connectivity index (χ4v) is 3.63. The van der Waals surface area contributed by atoms with Gasteiger partial charge in [0.15, 0.2) is 0 Å². The Labute approximate surface area is 164 Å². The third-order valence-electron chi connectivity index (χ3n) is 5.22. The Balaban J connectivity index is 1.28. The maximum absolute atomic E-state index is 12.3. The molecule has 7 nitrogen and oxygen atoms in total. The van der Waals surface area contributed by atoms with Crippen molar-refractivity contribution in [3.8, 4) is 0 Å². The summed E-state index contributed by atoms with van der Waals surface area (Å²) in [5, 5.41) is 5.74. The number of nitrogens with zero attached hydrogens (tertiary/aromatic N) is 2. The first-order chi connectivity index (χ1) is 13.7. The first kappa shape index (κ1) is 18.4. The van der Waals surface area contributed by atoms with Crippen molar-refractivity contribution in [2.45, 2.75) is 19.3 Å². The van der Waals surface area contributed by atoms with Gasteiger partial charge in [-0.15, -0.1) is 0 Å². The van der Waals surface area contributed by atoms with Crippen LogP contribution in [0.5, 0.6) is 0 Å². The van der Waals surface area contributed by atoms with Crippen molar-refractivity contribution >= 4 is 29.0 Å². The minimum absolute atomic E-state index is 0.0144. The van der Waals surface area contributed by atoms with Gasteiger partial charge in [-0.05, 0) is 36.6 Å². The molecule has 0 bridgehead atoms. The molecule has 28 heavy (non-hydrogen) atoms. The van der Waals surface area contributed by atoms with E-state index in [-0.39, 0.29) is 24.2 Å². The Morgan fingerprint density at radius 2 is 2.04 bits per heavy atom. The summed E-state index contributed by atoms with van der Waals surface area (Å²) in [6.07, 6.45) is 3.24. The molecule has 7 heteroatoms. The number of morpholine rings is 1. The van der Waals surface area contributed by atoms with Gasteiger partial charge in [0.2, 0.25) is 11.8 Å². The van der Waals surface area contributed by atoms with Gasteiger partial charge in [0.25, 0.3) is 0 Å². The Morgan fingerprint density at radius 1 is 1.21 bits per heavy atom. The van der Waals surface area contributed by atoms with Gasteiger partial charge in [-0.3, -0.25) is 9.59 Å². The molecule has 0 spiro atoms. The number of nitrogens with one attached hydrogen (secondary N) is 2. The molecule has 0 saturated carbocycles. The van der Waals surface area contributed by atoms with Crippen LogP contribution >= 0.6 is 0 Å². The van der Waals surface area contributed by atoms with E-state index >= 15 is 0 Å². The number of ether oxygens (including phenoxy) is 1. The van der Waals surface area contributed by atoms with Crippen LogP contribution in [0.25, 0.3) is 0 Å². The lowest BCUT2D eigenvalue weighted by molar-refractivity contribution is -0.121. The number of carbonyl (C=O) groups is 2. The summed E-state index contributed by atoms with van der Waals surface area (Å²) in [6.45, 7) is 3.13. The van der Waals surface area contributed by atoms with Crippen LogP contribution in [0.3, 0.4) is 0 Å². The molecule has 146 valence electrons. The highest BCUT2D eigenvalue weighted by molar-refractivity contribution is 5.96. The molecule has 0 aliphatic carbocycles. The molecule has 2 aliphatic heterocycles. The van der Waals surface area contributed by atoms with Crippen LogP contribution in [-0.2, 0) is 20.7 Å². The maximum Gasteiger partial charge on any atom is 0.227 e. The number of para-hydroxylation sites is 1. The number of aromatic nitrogens is 1. The van der Waals surface area contributed by atoms with Crippen LogP contribution in [0.15, 0.2) is 42.6 Å². The molecule has 3 heterocycles. The van der Waals surface area contributed by atoms with Gasteiger partial charge in [-0.2, -0.15) is 0 Å². The van der Waals surface area contributed by atoms with Crippen molar-refractivity contribution in [2.24, 2.45) is 5.92 Å². The molecule has 2 N–H and O–H groups in total. The van der Waals surface area contributed by atoms with Crippen LogP contribution in [0.4, 0.5) is 17.2 Å². The predicted molar refractivity (Wildman–Crippen MR) is 107 cm³/mol. The largest absolute Gasteiger partial charge is 0.378 e. The second-order valence-corrected chi connectivity index (χ2v) is 7.14. The van der Waals surface area contributed by atoms with Gasteiger partial charge in [0.1, 0.15) is 5.82 Å². The zero-order valence-electron chi connectivity index (χ0n) is 15.7. The van der Waals surface area contributed by atoms with Crippen molar-refractivity contribution in [1.82, 2.24) is 4.98 Å². The molecule has 1 saturated heterocycles. The second-order valence-electron chi connectivity index (χ2n) is 7.14. The number of carbonyl (C=O) groups excluding carboxylic acids is 2. The number of hydrogen-bond acceptors (Lipinski definition) is 5. The fraction of sp³-hybridized carbons (Fsp3) is 0.381. The normalized spacial score (nSPS) is 18.9. The lowest BCUT2D eigenvalue weighted by atomic mass is 9.89. The zero-order chi connectivity index (χ0) is 19.3. The lowest BCUT2D eigenvalue weighted by Gasteiger charge is -2.28. The van der Waals surface area contributed by atoms with E-state index < -0.39 is 0 Å². The summed E-state index contributed by atoms with van der Waals surface area (Å²) in [5.74, 6) is 0.204. The molecule has 0 unspecified atom stereocenters. The maximum atomic E-state index is 12.3. The second kappa shape index (κ2) is 8.39. The van der Waals surface area contributed by atoms with Crippen molar-refractivity contribution in [3.05, 3.63) is 48.2 Å². The van der Waals surface area contributed by atoms with Crippen LogP contribution < -0.4 is 15.5 Å². The van der Waals surface area contributed by atoms with Crippen LogP contribution in [0, 0.1) is 5.92 Å². The van der Waals surface area contributed by atoms with Crippen LogP contribution in [0.2, 0.25) is 0 Å². The van der Waals surface area contributed by atoms with E-state index in [0.717, 1.165) is 43.2 Å². The number of anilines is 3. The Kier molecular flexibility index (Phi) is 5.53. The molecule has 1 aromatic carbocycles. The first-order valence-electron chi connectivity index (χ1n) is 9.66. The minimum atomic E-state index is -0.183. The van der Waals surface area contributed by atoms with Gasteiger partial charge in [-0.25, -0.2) is 4.98 Å². The summed E-state index contributed by atoms with van der Waals surface area (Å²) in [5.41, 5.74) is 3.02. The fourth-order valence-electron chi connectivity index (χ4n) is 3.63. The Bertz CT molecular complexity index is 847. The summed E-state index contributed by atoms with van der Waals surface area (Å²) < 4.78 is 5.35. The molecule has 1 fully saturated rings. The van der Waals surface area contributed by atoms with Crippen molar-refractivity contribution in [3.63, 3.8) is 0 Å². The molecule has 0 radical (unpaired) electrons. The van der Waals surface area contributed by atoms with E-state index in [9.17, 15) is 9.59 Å². The smallest absolute Gasteiger partial charge is 0.227 e. The van der Waals surface area contributed by atoms with Gasteiger partial charge in [-0.1, -0.05) is 18.2 Å². The third kappa shape index (κ3) is 4.31. The number of benzene rings is 1. The van der Waals surface area contributed by atoms with E-state index in [1.807, 2.05) is 36.4 Å².